The molecule has 2 atom stereocenters. The van der Waals surface area contributed by atoms with Gasteiger partial charge in [0, 0.05) is 48.7 Å². The van der Waals surface area contributed by atoms with Crippen LogP contribution in [0.3, 0.4) is 0 Å². The monoisotopic (exact) mass is 504 g/mol. The van der Waals surface area contributed by atoms with E-state index in [1.165, 1.54) is 11.8 Å². The van der Waals surface area contributed by atoms with Crippen molar-refractivity contribution in [1.82, 2.24) is 15.0 Å². The maximum atomic E-state index is 10.0. The number of hydrogen-bond donors (Lipinski definition) is 3. The van der Waals surface area contributed by atoms with Crippen molar-refractivity contribution < 1.29 is 14.9 Å². The molecule has 0 aliphatic carbocycles. The van der Waals surface area contributed by atoms with Gasteiger partial charge >= 0.3 is 0 Å². The first-order valence-electron chi connectivity index (χ1n) is 11.4. The Kier molecular flexibility index (Phi) is 6.71. The molecule has 182 valence electrons. The fraction of sp³-hybridized carbons (Fsp3) is 0.522. The number of halogens is 1. The van der Waals surface area contributed by atoms with E-state index in [-0.39, 0.29) is 30.3 Å². The predicted molar refractivity (Wildman–Crippen MR) is 131 cm³/mol. The molecule has 2 aromatic rings. The van der Waals surface area contributed by atoms with Gasteiger partial charge in [-0.2, -0.15) is 0 Å². The number of nitrogens with two attached hydrogens (primary N) is 1. The molecule has 4 N–H and O–H groups in total. The van der Waals surface area contributed by atoms with E-state index in [9.17, 15) is 10.2 Å². The molecule has 9 nitrogen and oxygen atoms in total. The first-order valence-corrected chi connectivity index (χ1v) is 12.6. The zero-order valence-electron chi connectivity index (χ0n) is 18.8. The molecular formula is C23H29ClN6O3S. The lowest BCUT2D eigenvalue weighted by molar-refractivity contribution is 0.109. The molecule has 0 aromatic carbocycles. The molecule has 5 rings (SSSR count). The van der Waals surface area contributed by atoms with Crippen LogP contribution < -0.4 is 15.5 Å². The largest absolute Gasteiger partial charge is 0.390 e. The summed E-state index contributed by atoms with van der Waals surface area (Å²) in [7, 11) is 0. The zero-order valence-corrected chi connectivity index (χ0v) is 20.4. The van der Waals surface area contributed by atoms with Crippen molar-refractivity contribution >= 4 is 35.0 Å². The number of rotatable bonds is 6. The zero-order chi connectivity index (χ0) is 23.9. The van der Waals surface area contributed by atoms with Gasteiger partial charge < -0.3 is 30.5 Å². The molecule has 0 amide bonds. The lowest BCUT2D eigenvalue weighted by atomic mass is 9.73. The third kappa shape index (κ3) is 4.27. The molecule has 34 heavy (non-hydrogen) atoms. The van der Waals surface area contributed by atoms with E-state index in [4.69, 9.17) is 22.1 Å². The number of aliphatic hydroxyl groups is 2. The van der Waals surface area contributed by atoms with Gasteiger partial charge in [0.1, 0.15) is 16.5 Å². The molecule has 1 spiro atoms. The summed E-state index contributed by atoms with van der Waals surface area (Å²) in [6, 6.07) is 1.78. The number of anilines is 2. The van der Waals surface area contributed by atoms with Gasteiger partial charge in [-0.1, -0.05) is 29.4 Å². The van der Waals surface area contributed by atoms with Gasteiger partial charge in [0.05, 0.1) is 36.6 Å². The SMILES string of the molecule is C=C[C@@H]1OCC2(CCN(c3ncc(Sc4ccnc(N5CC(O)C5)c4Cl)nc3CO)CC2)[C@@H]1N. The Balaban J connectivity index is 1.29. The number of hydrogen-bond acceptors (Lipinski definition) is 10. The summed E-state index contributed by atoms with van der Waals surface area (Å²) in [6.07, 6.45) is 6.55. The lowest BCUT2D eigenvalue weighted by Crippen LogP contribution is -2.51. The van der Waals surface area contributed by atoms with Crippen LogP contribution in [0.15, 0.2) is 41.0 Å². The number of aromatic nitrogens is 3. The quantitative estimate of drug-likeness (QED) is 0.502. The summed E-state index contributed by atoms with van der Waals surface area (Å²) in [6.45, 7) is 6.87. The van der Waals surface area contributed by atoms with Gasteiger partial charge in [0.2, 0.25) is 0 Å². The number of ether oxygens (including phenoxy) is 1. The maximum Gasteiger partial charge on any atom is 0.152 e. The van der Waals surface area contributed by atoms with E-state index in [0.717, 1.165) is 30.8 Å². The van der Waals surface area contributed by atoms with Crippen LogP contribution in [0.25, 0.3) is 0 Å². The van der Waals surface area contributed by atoms with Gasteiger partial charge in [-0.25, -0.2) is 15.0 Å². The summed E-state index contributed by atoms with van der Waals surface area (Å²) in [5, 5.41) is 20.8. The van der Waals surface area contributed by atoms with E-state index in [0.29, 0.717) is 47.1 Å². The van der Waals surface area contributed by atoms with Gasteiger partial charge in [-0.15, -0.1) is 6.58 Å². The average Bonchev–Trinajstić information content (AvgIpc) is 3.14. The summed E-state index contributed by atoms with van der Waals surface area (Å²) in [5.74, 6) is 1.35. The molecule has 5 heterocycles. The van der Waals surface area contributed by atoms with Gasteiger partial charge in [-0.05, 0) is 18.9 Å². The average molecular weight is 505 g/mol. The van der Waals surface area contributed by atoms with Crippen LogP contribution in [0, 0.1) is 5.41 Å². The number of nitrogens with zero attached hydrogens (tertiary/aromatic N) is 5. The normalized spacial score (nSPS) is 24.5. The van der Waals surface area contributed by atoms with Crippen LogP contribution in [0.4, 0.5) is 11.6 Å². The Hall–Kier alpha value is -1.95. The Labute approximate surface area is 208 Å². The molecule has 3 aliphatic heterocycles. The molecule has 3 saturated heterocycles. The van der Waals surface area contributed by atoms with E-state index in [1.54, 1.807) is 18.5 Å². The van der Waals surface area contributed by atoms with Crippen LogP contribution in [0.1, 0.15) is 18.5 Å². The molecule has 0 saturated carbocycles. The molecule has 11 heteroatoms. The maximum absolute atomic E-state index is 10.0. The second kappa shape index (κ2) is 9.60. The highest BCUT2D eigenvalue weighted by Gasteiger charge is 2.48. The van der Waals surface area contributed by atoms with E-state index in [1.807, 2.05) is 11.0 Å². The van der Waals surface area contributed by atoms with Crippen molar-refractivity contribution in [3.05, 3.63) is 41.8 Å². The number of β-amino-alcohol motifs (C(OH)–C–C–N with tert-alkyl or cyclic N) is 1. The minimum absolute atomic E-state index is 0.0414. The Morgan fingerprint density at radius 3 is 2.68 bits per heavy atom. The molecule has 3 aliphatic rings. The highest BCUT2D eigenvalue weighted by atomic mass is 35.5. The number of piperidine rings is 1. The van der Waals surface area contributed by atoms with Gasteiger partial charge in [0.15, 0.2) is 5.82 Å². The summed E-state index contributed by atoms with van der Waals surface area (Å²) in [4.78, 5) is 18.6. The van der Waals surface area contributed by atoms with Gasteiger partial charge in [-0.3, -0.25) is 0 Å². The third-order valence-corrected chi connectivity index (χ3v) is 8.53. The minimum Gasteiger partial charge on any atom is -0.390 e. The van der Waals surface area contributed by atoms with Crippen molar-refractivity contribution in [2.75, 3.05) is 42.6 Å². The van der Waals surface area contributed by atoms with Crippen LogP contribution >= 0.6 is 23.4 Å². The lowest BCUT2D eigenvalue weighted by Gasteiger charge is -2.41. The minimum atomic E-state index is -0.343. The summed E-state index contributed by atoms with van der Waals surface area (Å²) in [5.41, 5.74) is 6.97. The first-order chi connectivity index (χ1) is 16.4. The number of aliphatic hydroxyl groups excluding tert-OH is 2. The van der Waals surface area contributed by atoms with Crippen LogP contribution in [0.2, 0.25) is 5.02 Å². The van der Waals surface area contributed by atoms with Crippen molar-refractivity contribution in [2.24, 2.45) is 11.1 Å². The van der Waals surface area contributed by atoms with Crippen LogP contribution in [0.5, 0.6) is 0 Å². The Bertz CT molecular complexity index is 1060. The van der Waals surface area contributed by atoms with Crippen molar-refractivity contribution in [3.8, 4) is 0 Å². The smallest absolute Gasteiger partial charge is 0.152 e. The van der Waals surface area contributed by atoms with Crippen molar-refractivity contribution in [1.29, 1.82) is 0 Å². The molecule has 0 bridgehead atoms. The highest BCUT2D eigenvalue weighted by molar-refractivity contribution is 7.99. The van der Waals surface area contributed by atoms with E-state index >= 15 is 0 Å². The highest BCUT2D eigenvalue weighted by Crippen LogP contribution is 2.43. The summed E-state index contributed by atoms with van der Waals surface area (Å²) < 4.78 is 5.85. The van der Waals surface area contributed by atoms with Gasteiger partial charge in [0.25, 0.3) is 0 Å². The molecule has 3 fully saturated rings. The fourth-order valence-corrected chi connectivity index (χ4v) is 6.09. The standard InChI is InChI=1S/C23H29ClN6O3S/c1-2-16-20(25)23(13-33-16)4-7-29(8-5-23)21-15(12-31)28-18(9-27-21)34-17-3-6-26-22(19(17)24)30-10-14(32)11-30/h2-3,6,9,14,16,20,31-32H,1,4-5,7-8,10-13,25H2/t16-,20+/m0/s1. The third-order valence-electron chi connectivity index (χ3n) is 7.08. The number of pyridine rings is 1. The molecular weight excluding hydrogens is 476 g/mol. The summed E-state index contributed by atoms with van der Waals surface area (Å²) >= 11 is 7.97. The van der Waals surface area contributed by atoms with Crippen LogP contribution in [-0.4, -0.2) is 76.2 Å². The van der Waals surface area contributed by atoms with Crippen LogP contribution in [-0.2, 0) is 11.3 Å². The van der Waals surface area contributed by atoms with Crippen molar-refractivity contribution in [2.45, 2.75) is 47.6 Å². The Morgan fingerprint density at radius 2 is 2.03 bits per heavy atom. The Morgan fingerprint density at radius 1 is 1.26 bits per heavy atom. The fourth-order valence-electron chi connectivity index (χ4n) is 4.94. The second-order valence-corrected chi connectivity index (χ2v) is 10.6. The first kappa shape index (κ1) is 23.8. The second-order valence-electron chi connectivity index (χ2n) is 9.13. The van der Waals surface area contributed by atoms with E-state index < -0.39 is 0 Å². The van der Waals surface area contributed by atoms with E-state index in [2.05, 4.69) is 26.4 Å². The molecule has 2 aromatic heterocycles. The molecule has 0 radical (unpaired) electrons. The predicted octanol–water partition coefficient (Wildman–Crippen LogP) is 1.85. The topological polar surface area (TPSA) is 121 Å². The van der Waals surface area contributed by atoms with Crippen molar-refractivity contribution in [3.63, 3.8) is 0 Å². The molecule has 0 unspecified atom stereocenters.